The Labute approximate surface area is 366 Å². The van der Waals surface area contributed by atoms with Gasteiger partial charge in [-0.25, -0.2) is 0 Å². The maximum atomic E-state index is 12.8. The molecule has 9 nitrogen and oxygen atoms in total. The van der Waals surface area contributed by atoms with Gasteiger partial charge in [0, 0.05) is 13.0 Å². The summed E-state index contributed by atoms with van der Waals surface area (Å²) in [7, 11) is 0. The summed E-state index contributed by atoms with van der Waals surface area (Å²) in [6, 6.07) is 0. The number of rotatable bonds is 41. The standard InChI is InChI=1S/C51H90O9/c1-3-5-7-9-11-13-15-17-19-20-21-22-23-24-25-27-29-31-33-35-37-39-41-57-43-45(44-58-51-50(56)49(55)48(54)46(42-52)60-51)59-47(53)40-38-36-34-32-30-28-26-18-16-14-12-10-8-6-4-2/h6,8,12,14-15,17-18,20-21,26,45-46,48-52,54-56H,3-5,7,9-11,13,16,19,22-25,27-44H2,1-2H3/b8-6-,14-12-,17-15-,21-20-,26-18-. The van der Waals surface area contributed by atoms with Crippen LogP contribution in [-0.4, -0.2) is 89.6 Å². The molecule has 0 aromatic rings. The molecule has 4 N–H and O–H groups in total. The van der Waals surface area contributed by atoms with Crippen molar-refractivity contribution in [3.63, 3.8) is 0 Å². The molecular weight excluding hydrogens is 757 g/mol. The van der Waals surface area contributed by atoms with Gasteiger partial charge in [0.2, 0.25) is 0 Å². The Bertz CT molecular complexity index is 1100. The molecule has 0 aromatic carbocycles. The van der Waals surface area contributed by atoms with Crippen LogP contribution in [0.3, 0.4) is 0 Å². The van der Waals surface area contributed by atoms with Crippen LogP contribution in [-0.2, 0) is 23.7 Å². The normalized spacial score (nSPS) is 20.5. The molecule has 0 amide bonds. The number of hydrogen-bond donors (Lipinski definition) is 4. The molecule has 60 heavy (non-hydrogen) atoms. The zero-order valence-corrected chi connectivity index (χ0v) is 38.2. The molecule has 9 heteroatoms. The van der Waals surface area contributed by atoms with Crippen LogP contribution in [0.4, 0.5) is 0 Å². The van der Waals surface area contributed by atoms with Gasteiger partial charge in [-0.05, 0) is 77.0 Å². The van der Waals surface area contributed by atoms with E-state index in [1.165, 1.54) is 96.3 Å². The van der Waals surface area contributed by atoms with Crippen molar-refractivity contribution in [2.45, 2.75) is 230 Å². The third-order valence-electron chi connectivity index (χ3n) is 10.9. The van der Waals surface area contributed by atoms with E-state index in [-0.39, 0.29) is 19.2 Å². The van der Waals surface area contributed by atoms with E-state index >= 15 is 0 Å². The van der Waals surface area contributed by atoms with Crippen LogP contribution in [0.5, 0.6) is 0 Å². The van der Waals surface area contributed by atoms with Crippen LogP contribution in [0.1, 0.15) is 194 Å². The summed E-state index contributed by atoms with van der Waals surface area (Å²) in [4.78, 5) is 12.8. The lowest BCUT2D eigenvalue weighted by Crippen LogP contribution is -2.59. The molecule has 6 atom stereocenters. The Balaban J connectivity index is 2.22. The fourth-order valence-electron chi connectivity index (χ4n) is 7.12. The molecule has 6 unspecified atom stereocenters. The van der Waals surface area contributed by atoms with E-state index in [9.17, 15) is 25.2 Å². The third kappa shape index (κ3) is 32.6. The molecule has 0 saturated carbocycles. The highest BCUT2D eigenvalue weighted by Gasteiger charge is 2.44. The van der Waals surface area contributed by atoms with Gasteiger partial charge in [0.15, 0.2) is 6.29 Å². The minimum Gasteiger partial charge on any atom is -0.457 e. The Kier molecular flexibility index (Phi) is 39.3. The van der Waals surface area contributed by atoms with E-state index in [4.69, 9.17) is 18.9 Å². The summed E-state index contributed by atoms with van der Waals surface area (Å²) in [5.41, 5.74) is 0. The van der Waals surface area contributed by atoms with Crippen molar-refractivity contribution in [2.75, 3.05) is 26.4 Å². The minimum atomic E-state index is -1.54. The van der Waals surface area contributed by atoms with Gasteiger partial charge in [-0.3, -0.25) is 4.79 Å². The first-order chi connectivity index (χ1) is 29.4. The second-order valence-electron chi connectivity index (χ2n) is 16.5. The van der Waals surface area contributed by atoms with E-state index in [2.05, 4.69) is 74.6 Å². The quantitative estimate of drug-likeness (QED) is 0.0269. The van der Waals surface area contributed by atoms with Crippen molar-refractivity contribution in [3.8, 4) is 0 Å². The predicted molar refractivity (Wildman–Crippen MR) is 247 cm³/mol. The van der Waals surface area contributed by atoms with E-state index in [0.717, 1.165) is 77.0 Å². The number of hydrogen-bond acceptors (Lipinski definition) is 9. The molecule has 1 aliphatic heterocycles. The van der Waals surface area contributed by atoms with Crippen molar-refractivity contribution in [1.29, 1.82) is 0 Å². The number of carbonyl (C=O) groups is 1. The number of aliphatic hydroxyl groups is 4. The van der Waals surface area contributed by atoms with Crippen LogP contribution in [0.15, 0.2) is 60.8 Å². The lowest BCUT2D eigenvalue weighted by atomic mass is 9.99. The average molecular weight is 847 g/mol. The fraction of sp³-hybridized carbons (Fsp3) is 0.784. The van der Waals surface area contributed by atoms with Gasteiger partial charge in [-0.15, -0.1) is 0 Å². The summed E-state index contributed by atoms with van der Waals surface area (Å²) >= 11 is 0. The molecule has 1 aliphatic rings. The van der Waals surface area contributed by atoms with E-state index in [1.54, 1.807) is 0 Å². The molecular formula is C51H90O9. The summed E-state index contributed by atoms with van der Waals surface area (Å²) in [5, 5.41) is 40.2. The molecule has 0 radical (unpaired) electrons. The molecule has 1 rings (SSSR count). The van der Waals surface area contributed by atoms with Gasteiger partial charge in [0.05, 0.1) is 19.8 Å². The van der Waals surface area contributed by atoms with Gasteiger partial charge in [0.25, 0.3) is 0 Å². The molecule has 1 fully saturated rings. The van der Waals surface area contributed by atoms with Crippen LogP contribution in [0, 0.1) is 0 Å². The third-order valence-corrected chi connectivity index (χ3v) is 10.9. The topological polar surface area (TPSA) is 135 Å². The SMILES string of the molecule is CC/C=C\C/C=C\C/C=C\CCCCCCCC(=O)OC(COCCCCCCCCCCCC/C=C\C/C=C\CCCCCCC)COC1OC(CO)C(O)C(O)C1O. The fourth-order valence-corrected chi connectivity index (χ4v) is 7.12. The Morgan fingerprint density at radius 3 is 1.53 bits per heavy atom. The second kappa shape index (κ2) is 42.2. The summed E-state index contributed by atoms with van der Waals surface area (Å²) in [5.74, 6) is -0.332. The Morgan fingerprint density at radius 2 is 1.02 bits per heavy atom. The smallest absolute Gasteiger partial charge is 0.306 e. The predicted octanol–water partition coefficient (Wildman–Crippen LogP) is 11.5. The zero-order valence-electron chi connectivity index (χ0n) is 38.2. The molecule has 1 heterocycles. The number of unbranched alkanes of at least 4 members (excludes halogenated alkanes) is 20. The molecule has 348 valence electrons. The largest absolute Gasteiger partial charge is 0.457 e. The van der Waals surface area contributed by atoms with Crippen molar-refractivity contribution < 1.29 is 44.2 Å². The summed E-state index contributed by atoms with van der Waals surface area (Å²) < 4.78 is 22.8. The number of allylic oxidation sites excluding steroid dienone is 10. The molecule has 0 aliphatic carbocycles. The Morgan fingerprint density at radius 1 is 0.550 bits per heavy atom. The highest BCUT2D eigenvalue weighted by Crippen LogP contribution is 2.22. The second-order valence-corrected chi connectivity index (χ2v) is 16.5. The van der Waals surface area contributed by atoms with Crippen molar-refractivity contribution in [1.82, 2.24) is 0 Å². The number of carbonyl (C=O) groups excluding carboxylic acids is 1. The number of aliphatic hydroxyl groups excluding tert-OH is 4. The highest BCUT2D eigenvalue weighted by atomic mass is 16.7. The van der Waals surface area contributed by atoms with Crippen molar-refractivity contribution >= 4 is 5.97 Å². The molecule has 0 bridgehead atoms. The van der Waals surface area contributed by atoms with Gasteiger partial charge in [-0.1, -0.05) is 171 Å². The first kappa shape index (κ1) is 55.9. The van der Waals surface area contributed by atoms with Crippen LogP contribution >= 0.6 is 0 Å². The van der Waals surface area contributed by atoms with Gasteiger partial charge >= 0.3 is 5.97 Å². The van der Waals surface area contributed by atoms with Crippen molar-refractivity contribution in [2.24, 2.45) is 0 Å². The first-order valence-corrected chi connectivity index (χ1v) is 24.4. The van der Waals surface area contributed by atoms with E-state index in [1.807, 2.05) is 0 Å². The molecule has 0 spiro atoms. The Hall–Kier alpha value is -2.11. The van der Waals surface area contributed by atoms with Gasteiger partial charge in [0.1, 0.15) is 30.5 Å². The summed E-state index contributed by atoms with van der Waals surface area (Å²) in [6.07, 6.45) is 46.8. The minimum absolute atomic E-state index is 0.124. The highest BCUT2D eigenvalue weighted by molar-refractivity contribution is 5.69. The zero-order chi connectivity index (χ0) is 43.6. The monoisotopic (exact) mass is 847 g/mol. The number of esters is 1. The lowest BCUT2D eigenvalue weighted by Gasteiger charge is -2.39. The molecule has 0 aromatic heterocycles. The van der Waals surface area contributed by atoms with Crippen LogP contribution in [0.2, 0.25) is 0 Å². The van der Waals surface area contributed by atoms with Crippen molar-refractivity contribution in [3.05, 3.63) is 60.8 Å². The van der Waals surface area contributed by atoms with E-state index < -0.39 is 43.4 Å². The van der Waals surface area contributed by atoms with Gasteiger partial charge in [-0.2, -0.15) is 0 Å². The maximum Gasteiger partial charge on any atom is 0.306 e. The number of ether oxygens (including phenoxy) is 4. The van der Waals surface area contributed by atoms with Crippen LogP contribution in [0.25, 0.3) is 0 Å². The average Bonchev–Trinajstić information content (AvgIpc) is 3.25. The summed E-state index contributed by atoms with van der Waals surface area (Å²) in [6.45, 7) is 4.41. The first-order valence-electron chi connectivity index (χ1n) is 24.4. The lowest BCUT2D eigenvalue weighted by molar-refractivity contribution is -0.305. The molecule has 1 saturated heterocycles. The van der Waals surface area contributed by atoms with Crippen LogP contribution < -0.4 is 0 Å². The van der Waals surface area contributed by atoms with Gasteiger partial charge < -0.3 is 39.4 Å². The van der Waals surface area contributed by atoms with E-state index in [0.29, 0.717) is 13.0 Å². The maximum absolute atomic E-state index is 12.8.